The van der Waals surface area contributed by atoms with Crippen LogP contribution >= 0.6 is 0 Å². The lowest BCUT2D eigenvalue weighted by Crippen LogP contribution is -2.30. The summed E-state index contributed by atoms with van der Waals surface area (Å²) in [4.78, 5) is 0. The van der Waals surface area contributed by atoms with Crippen molar-refractivity contribution in [1.82, 2.24) is 0 Å². The third kappa shape index (κ3) is 2.31. The van der Waals surface area contributed by atoms with Crippen LogP contribution in [0.4, 0.5) is 0 Å². The van der Waals surface area contributed by atoms with E-state index < -0.39 is 0 Å². The van der Waals surface area contributed by atoms with Crippen LogP contribution < -0.4 is 0 Å². The molecule has 0 aromatic heterocycles. The van der Waals surface area contributed by atoms with Crippen molar-refractivity contribution in [2.45, 2.75) is 77.0 Å². The molecule has 99 valence electrons. The van der Waals surface area contributed by atoms with E-state index in [2.05, 4.69) is 18.6 Å². The van der Waals surface area contributed by atoms with Gasteiger partial charge in [0.2, 0.25) is 0 Å². The maximum absolute atomic E-state index is 2.62. The van der Waals surface area contributed by atoms with Crippen molar-refractivity contribution in [3.05, 3.63) is 29.7 Å². The lowest BCUT2D eigenvalue weighted by Gasteiger charge is -2.44. The van der Waals surface area contributed by atoms with Gasteiger partial charge in [0.05, 0.1) is 0 Å². The largest absolute Gasteiger partial charge is 0.0844 e. The Balaban J connectivity index is 1.91. The highest BCUT2D eigenvalue weighted by Crippen LogP contribution is 2.52. The van der Waals surface area contributed by atoms with Gasteiger partial charge in [-0.1, -0.05) is 23.3 Å². The number of hydrogen-bond acceptors (Lipinski definition) is 0. The molecule has 0 aliphatic heterocycles. The van der Waals surface area contributed by atoms with Gasteiger partial charge >= 0.3 is 0 Å². The number of allylic oxidation sites excluding steroid dienone is 4. The maximum atomic E-state index is 2.62. The average Bonchev–Trinajstić information content (AvgIpc) is 2.50. The molecule has 0 nitrogen and oxygen atoms in total. The van der Waals surface area contributed by atoms with Crippen LogP contribution in [-0.2, 0) is 0 Å². The molecule has 0 aromatic carbocycles. The van der Waals surface area contributed by atoms with E-state index in [0.717, 1.165) is 0 Å². The molecule has 18 heavy (non-hydrogen) atoms. The molecule has 0 spiro atoms. The van der Waals surface area contributed by atoms with E-state index in [-0.39, 0.29) is 0 Å². The average molecular weight is 243 g/mol. The van der Waals surface area contributed by atoms with Crippen molar-refractivity contribution in [3.8, 4) is 0 Å². The summed E-state index contributed by atoms with van der Waals surface area (Å²) in [5.41, 5.74) is 4.17. The molecule has 0 N–H and O–H groups in total. The van der Waals surface area contributed by atoms with Crippen LogP contribution in [0.15, 0.2) is 23.3 Å². The van der Waals surface area contributed by atoms with E-state index in [1.54, 1.807) is 0 Å². The highest BCUT2D eigenvalue weighted by Gasteiger charge is 2.38. The summed E-state index contributed by atoms with van der Waals surface area (Å²) in [5, 5.41) is 0. The smallest absolute Gasteiger partial charge is 0.0121 e. The third-order valence-corrected chi connectivity index (χ3v) is 5.36. The van der Waals surface area contributed by atoms with E-state index in [9.17, 15) is 0 Å². The molecule has 0 unspecified atom stereocenters. The van der Waals surface area contributed by atoms with Crippen molar-refractivity contribution in [2.24, 2.45) is 5.41 Å². The van der Waals surface area contributed by atoms with Crippen molar-refractivity contribution >= 4 is 0 Å². The van der Waals surface area contributed by atoms with E-state index >= 15 is 0 Å². The zero-order valence-corrected chi connectivity index (χ0v) is 11.7. The molecular formula is C18H27. The first-order valence-corrected chi connectivity index (χ1v) is 8.12. The van der Waals surface area contributed by atoms with Gasteiger partial charge in [-0.15, -0.1) is 0 Å². The summed E-state index contributed by atoms with van der Waals surface area (Å²) in [7, 11) is 0. The highest BCUT2D eigenvalue weighted by atomic mass is 14.4. The molecule has 1 radical (unpaired) electrons. The van der Waals surface area contributed by atoms with Gasteiger partial charge in [-0.2, -0.15) is 0 Å². The first-order chi connectivity index (χ1) is 8.92. The Bertz CT molecular complexity index is 311. The molecule has 0 bridgehead atoms. The second-order valence-corrected chi connectivity index (χ2v) is 6.40. The second kappa shape index (κ2) is 5.63. The molecule has 3 aliphatic carbocycles. The van der Waals surface area contributed by atoms with Gasteiger partial charge in [0.1, 0.15) is 0 Å². The van der Waals surface area contributed by atoms with E-state index in [4.69, 9.17) is 0 Å². The minimum atomic E-state index is 0.510. The minimum absolute atomic E-state index is 0.510. The Labute approximate surface area is 113 Å². The Kier molecular flexibility index (Phi) is 3.91. The van der Waals surface area contributed by atoms with Gasteiger partial charge in [0.15, 0.2) is 0 Å². The topological polar surface area (TPSA) is 0 Å². The van der Waals surface area contributed by atoms with Crippen molar-refractivity contribution in [1.29, 1.82) is 0 Å². The molecule has 0 saturated heterocycles. The molecule has 1 saturated carbocycles. The monoisotopic (exact) mass is 243 g/mol. The zero-order chi connectivity index (χ0) is 12.3. The quantitative estimate of drug-likeness (QED) is 0.541. The van der Waals surface area contributed by atoms with Gasteiger partial charge in [-0.05, 0) is 83.5 Å². The molecule has 0 atom stereocenters. The zero-order valence-electron chi connectivity index (χ0n) is 11.7. The Morgan fingerprint density at radius 3 is 1.67 bits per heavy atom. The van der Waals surface area contributed by atoms with Crippen LogP contribution in [0, 0.1) is 11.8 Å². The van der Waals surface area contributed by atoms with Crippen LogP contribution in [0.3, 0.4) is 0 Å². The SMILES string of the molecule is [CH]1CCC(C2=CCCCC2)(C2=CCCCC2)CC1. The van der Waals surface area contributed by atoms with Crippen molar-refractivity contribution < 1.29 is 0 Å². The van der Waals surface area contributed by atoms with Gasteiger partial charge in [-0.3, -0.25) is 0 Å². The van der Waals surface area contributed by atoms with E-state index in [0.29, 0.717) is 5.41 Å². The van der Waals surface area contributed by atoms with Crippen molar-refractivity contribution in [2.75, 3.05) is 0 Å². The summed E-state index contributed by atoms with van der Waals surface area (Å²) >= 11 is 0. The van der Waals surface area contributed by atoms with Crippen LogP contribution in [0.2, 0.25) is 0 Å². The Hall–Kier alpha value is -0.520. The standard InChI is InChI=1S/C18H27/c1-4-10-16(11-5-1)18(14-8-3-9-15-18)17-12-6-2-7-13-17/h3,10,12H,1-2,4-9,11,13-15H2. The lowest BCUT2D eigenvalue weighted by atomic mass is 9.61. The van der Waals surface area contributed by atoms with Gasteiger partial charge in [-0.25, -0.2) is 0 Å². The predicted molar refractivity (Wildman–Crippen MR) is 78.3 cm³/mol. The second-order valence-electron chi connectivity index (χ2n) is 6.40. The molecule has 0 aromatic rings. The fourth-order valence-electron chi connectivity index (χ4n) is 4.36. The van der Waals surface area contributed by atoms with E-state index in [1.807, 2.05) is 11.1 Å². The maximum Gasteiger partial charge on any atom is 0.0121 e. The summed E-state index contributed by atoms with van der Waals surface area (Å²) in [6, 6.07) is 0. The Morgan fingerprint density at radius 2 is 1.22 bits per heavy atom. The summed E-state index contributed by atoms with van der Waals surface area (Å²) in [5.74, 6) is 0. The van der Waals surface area contributed by atoms with Gasteiger partial charge in [0, 0.05) is 5.41 Å². The van der Waals surface area contributed by atoms with Crippen LogP contribution in [0.25, 0.3) is 0 Å². The molecular weight excluding hydrogens is 216 g/mol. The normalized spacial score (nSPS) is 28.4. The molecule has 0 heterocycles. The first-order valence-electron chi connectivity index (χ1n) is 8.12. The Morgan fingerprint density at radius 1 is 0.667 bits per heavy atom. The van der Waals surface area contributed by atoms with Crippen LogP contribution in [0.1, 0.15) is 77.0 Å². The van der Waals surface area contributed by atoms with Crippen molar-refractivity contribution in [3.63, 3.8) is 0 Å². The predicted octanol–water partition coefficient (Wildman–Crippen LogP) is 5.75. The van der Waals surface area contributed by atoms with Crippen LogP contribution in [0.5, 0.6) is 0 Å². The fourth-order valence-corrected chi connectivity index (χ4v) is 4.36. The molecule has 3 rings (SSSR count). The minimum Gasteiger partial charge on any atom is -0.0844 e. The first kappa shape index (κ1) is 12.5. The molecule has 0 heteroatoms. The van der Waals surface area contributed by atoms with E-state index in [1.165, 1.54) is 77.0 Å². The summed E-state index contributed by atoms with van der Waals surface area (Å²) < 4.78 is 0. The van der Waals surface area contributed by atoms with Gasteiger partial charge < -0.3 is 0 Å². The third-order valence-electron chi connectivity index (χ3n) is 5.36. The van der Waals surface area contributed by atoms with Gasteiger partial charge in [0.25, 0.3) is 0 Å². The number of hydrogen-bond donors (Lipinski definition) is 0. The highest BCUT2D eigenvalue weighted by molar-refractivity contribution is 5.33. The van der Waals surface area contributed by atoms with Crippen LogP contribution in [-0.4, -0.2) is 0 Å². The molecule has 3 aliphatic rings. The fraction of sp³-hybridized carbons (Fsp3) is 0.722. The molecule has 0 amide bonds. The summed E-state index contributed by atoms with van der Waals surface area (Å²) in [6.45, 7) is 0. The lowest BCUT2D eigenvalue weighted by molar-refractivity contribution is 0.295. The summed E-state index contributed by atoms with van der Waals surface area (Å²) in [6.07, 6.45) is 24.4. The number of rotatable bonds is 2. The molecule has 1 fully saturated rings.